The first-order chi connectivity index (χ1) is 21.7. The molecule has 1 heterocycles. The molecular formula is C34H40N2O8S2. The number of carbonyl (C=O) groups excluding carboxylic acids is 2. The van der Waals surface area contributed by atoms with Crippen LogP contribution in [0.5, 0.6) is 0 Å². The summed E-state index contributed by atoms with van der Waals surface area (Å²) in [5.74, 6) is -1.56. The van der Waals surface area contributed by atoms with E-state index in [1.54, 1.807) is 67.6 Å². The lowest BCUT2D eigenvalue weighted by molar-refractivity contribution is -0.143. The Morgan fingerprint density at radius 2 is 1.41 bits per heavy atom. The fraction of sp³-hybridized carbons (Fsp3) is 0.382. The second-order valence-corrected chi connectivity index (χ2v) is 15.8. The largest absolute Gasteiger partial charge is 0.466 e. The Labute approximate surface area is 270 Å². The number of aryl methyl sites for hydroxylation is 1. The Morgan fingerprint density at radius 3 is 1.98 bits per heavy atom. The van der Waals surface area contributed by atoms with E-state index >= 15 is 0 Å². The van der Waals surface area contributed by atoms with E-state index in [0.29, 0.717) is 41.3 Å². The van der Waals surface area contributed by atoms with Crippen LogP contribution >= 0.6 is 0 Å². The second-order valence-electron chi connectivity index (χ2n) is 12.1. The van der Waals surface area contributed by atoms with Crippen molar-refractivity contribution in [1.82, 2.24) is 9.29 Å². The van der Waals surface area contributed by atoms with Gasteiger partial charge in [-0.1, -0.05) is 69.3 Å². The maximum Gasteiger partial charge on any atom is 0.305 e. The van der Waals surface area contributed by atoms with Gasteiger partial charge in [0.1, 0.15) is 0 Å². The molecule has 0 aliphatic rings. The van der Waals surface area contributed by atoms with Crippen LogP contribution < -0.4 is 0 Å². The van der Waals surface area contributed by atoms with E-state index in [0.717, 1.165) is 9.87 Å². The summed E-state index contributed by atoms with van der Waals surface area (Å²) in [5.41, 5.74) is 1.62. The molecule has 0 bridgehead atoms. The van der Waals surface area contributed by atoms with E-state index in [2.05, 4.69) is 4.98 Å². The molecule has 4 aromatic rings. The van der Waals surface area contributed by atoms with Crippen LogP contribution in [-0.4, -0.2) is 63.5 Å². The Kier molecular flexibility index (Phi) is 11.2. The number of benzene rings is 3. The molecular weight excluding hydrogens is 629 g/mol. The molecule has 0 saturated heterocycles. The number of amides is 1. The minimum atomic E-state index is -4.44. The zero-order valence-corrected chi connectivity index (χ0v) is 28.2. The van der Waals surface area contributed by atoms with E-state index in [4.69, 9.17) is 8.92 Å². The highest BCUT2D eigenvalue weighted by Crippen LogP contribution is 2.30. The lowest BCUT2D eigenvalue weighted by Crippen LogP contribution is -2.38. The number of sulfonamides is 1. The van der Waals surface area contributed by atoms with E-state index in [1.807, 2.05) is 20.8 Å². The van der Waals surface area contributed by atoms with Gasteiger partial charge in [-0.2, -0.15) is 8.42 Å². The van der Waals surface area contributed by atoms with Gasteiger partial charge in [-0.25, -0.2) is 17.7 Å². The van der Waals surface area contributed by atoms with Crippen LogP contribution in [0.4, 0.5) is 0 Å². The highest BCUT2D eigenvalue weighted by molar-refractivity contribution is 7.89. The molecule has 0 atom stereocenters. The van der Waals surface area contributed by atoms with Crippen LogP contribution in [0.2, 0.25) is 0 Å². The van der Waals surface area contributed by atoms with Crippen molar-refractivity contribution in [3.05, 3.63) is 83.9 Å². The third kappa shape index (κ3) is 8.89. The van der Waals surface area contributed by atoms with E-state index in [-0.39, 0.29) is 35.9 Å². The second kappa shape index (κ2) is 14.7. The van der Waals surface area contributed by atoms with Gasteiger partial charge in [0.2, 0.25) is 0 Å². The quantitative estimate of drug-likeness (QED) is 0.0915. The minimum absolute atomic E-state index is 0.0303. The molecule has 0 N–H and O–H groups in total. The first-order valence-corrected chi connectivity index (χ1v) is 18.2. The third-order valence-electron chi connectivity index (χ3n) is 7.12. The van der Waals surface area contributed by atoms with Crippen molar-refractivity contribution in [1.29, 1.82) is 0 Å². The molecule has 1 amide bonds. The van der Waals surface area contributed by atoms with Gasteiger partial charge in [0.15, 0.2) is 0 Å². The zero-order chi connectivity index (χ0) is 33.5. The summed E-state index contributed by atoms with van der Waals surface area (Å²) in [5, 5.41) is 0.953. The van der Waals surface area contributed by atoms with Gasteiger partial charge < -0.3 is 4.74 Å². The number of ether oxygens (including phenoxy) is 1. The topological polar surface area (TPSA) is 137 Å². The van der Waals surface area contributed by atoms with Gasteiger partial charge in [0.25, 0.3) is 26.0 Å². The molecule has 0 aliphatic carbocycles. The van der Waals surface area contributed by atoms with Crippen molar-refractivity contribution in [2.75, 3.05) is 25.5 Å². The van der Waals surface area contributed by atoms with E-state index in [9.17, 15) is 26.4 Å². The summed E-state index contributed by atoms with van der Waals surface area (Å²) in [4.78, 5) is 30.6. The van der Waals surface area contributed by atoms with Crippen molar-refractivity contribution in [2.45, 2.75) is 58.3 Å². The lowest BCUT2D eigenvalue weighted by Gasteiger charge is -2.24. The van der Waals surface area contributed by atoms with Crippen molar-refractivity contribution in [2.24, 2.45) is 5.41 Å². The molecule has 0 radical (unpaired) electrons. The van der Waals surface area contributed by atoms with Crippen LogP contribution in [0.15, 0.2) is 77.7 Å². The van der Waals surface area contributed by atoms with Gasteiger partial charge in [-0.3, -0.25) is 13.8 Å². The molecule has 4 rings (SSSR count). The number of hydrogen-bond donors (Lipinski definition) is 0. The lowest BCUT2D eigenvalue weighted by atomic mass is 9.99. The average molecular weight is 669 g/mol. The van der Waals surface area contributed by atoms with Gasteiger partial charge in [0, 0.05) is 23.7 Å². The predicted octanol–water partition coefficient (Wildman–Crippen LogP) is 5.89. The predicted molar refractivity (Wildman–Crippen MR) is 177 cm³/mol. The number of hydrogen-bond acceptors (Lipinski definition) is 9. The van der Waals surface area contributed by atoms with Crippen molar-refractivity contribution in [3.8, 4) is 0 Å². The van der Waals surface area contributed by atoms with Crippen molar-refractivity contribution < 1.29 is 35.3 Å². The Morgan fingerprint density at radius 1 is 0.826 bits per heavy atom. The Bertz CT molecular complexity index is 1860. The normalized spacial score (nSPS) is 12.3. The first-order valence-electron chi connectivity index (χ1n) is 15.2. The number of aromatic nitrogens is 1. The van der Waals surface area contributed by atoms with E-state index < -0.39 is 43.8 Å². The van der Waals surface area contributed by atoms with Gasteiger partial charge in [0.05, 0.1) is 40.5 Å². The maximum atomic E-state index is 14.4. The summed E-state index contributed by atoms with van der Waals surface area (Å²) in [6.07, 6.45) is 1.13. The fourth-order valence-electron chi connectivity index (χ4n) is 4.86. The van der Waals surface area contributed by atoms with Crippen LogP contribution in [0.1, 0.15) is 62.9 Å². The summed E-state index contributed by atoms with van der Waals surface area (Å²) in [6, 6.07) is 20.1. The number of para-hydroxylation sites is 2. The summed E-state index contributed by atoms with van der Waals surface area (Å²) >= 11 is 0. The molecule has 46 heavy (non-hydrogen) atoms. The molecule has 1 aromatic heterocycles. The van der Waals surface area contributed by atoms with Crippen LogP contribution in [-0.2, 0) is 40.3 Å². The first kappa shape index (κ1) is 35.0. The molecule has 3 aromatic carbocycles. The molecule has 0 unspecified atom stereocenters. The maximum absolute atomic E-state index is 14.4. The third-order valence-corrected chi connectivity index (χ3v) is 10.2. The van der Waals surface area contributed by atoms with Crippen molar-refractivity contribution >= 4 is 53.8 Å². The fourth-order valence-corrected chi connectivity index (χ4v) is 7.41. The number of fused-ring (bicyclic) bond motifs is 2. The summed E-state index contributed by atoms with van der Waals surface area (Å²) in [6.45, 7) is 7.13. The molecule has 0 aliphatic heterocycles. The summed E-state index contributed by atoms with van der Waals surface area (Å²) in [7, 11) is -8.42. The zero-order valence-electron chi connectivity index (χ0n) is 26.6. The van der Waals surface area contributed by atoms with Crippen molar-refractivity contribution in [3.63, 3.8) is 0 Å². The van der Waals surface area contributed by atoms with Crippen LogP contribution in [0.3, 0.4) is 0 Å². The van der Waals surface area contributed by atoms with Crippen LogP contribution in [0, 0.1) is 5.41 Å². The summed E-state index contributed by atoms with van der Waals surface area (Å²) < 4.78 is 64.5. The highest BCUT2D eigenvalue weighted by atomic mass is 32.2. The molecule has 246 valence electrons. The molecule has 12 heteroatoms. The number of rotatable bonds is 14. The van der Waals surface area contributed by atoms with E-state index in [1.165, 1.54) is 12.1 Å². The highest BCUT2D eigenvalue weighted by Gasteiger charge is 2.33. The number of nitrogens with zero attached hydrogens (tertiary/aromatic N) is 2. The SMILES string of the molecule is CCOC(=O)CCCc1ccc(S(=O)(=O)N(CCCS(=O)(=O)OCC(C)(C)C)C(=O)c2c3ccccc3nc3ccccc23)cc1. The number of pyridine rings is 1. The molecule has 0 saturated carbocycles. The Balaban J connectivity index is 1.68. The average Bonchev–Trinajstić information content (AvgIpc) is 3.00. The van der Waals surface area contributed by atoms with Gasteiger partial charge in [-0.05, 0) is 61.4 Å². The smallest absolute Gasteiger partial charge is 0.305 e. The molecule has 10 nitrogen and oxygen atoms in total. The monoisotopic (exact) mass is 668 g/mol. The molecule has 0 fully saturated rings. The Hall–Kier alpha value is -3.87. The number of esters is 1. The minimum Gasteiger partial charge on any atom is -0.466 e. The van der Waals surface area contributed by atoms with Gasteiger partial charge >= 0.3 is 5.97 Å². The number of carbonyl (C=O) groups is 2. The standard InChI is InChI=1S/C34H40N2O8S2/c1-5-43-31(37)17-10-12-25-18-20-26(21-19-25)46(41,42)36(22-11-23-45(39,40)44-24-34(2,3)4)33(38)32-27-13-6-8-15-29(27)35-30-16-9-7-14-28(30)32/h6-9,13-16,18-21H,5,10-12,17,22-24H2,1-4H3. The van der Waals surface area contributed by atoms with Gasteiger partial charge in [-0.15, -0.1) is 0 Å². The molecule has 0 spiro atoms. The van der Waals surface area contributed by atoms with Crippen LogP contribution in [0.25, 0.3) is 21.8 Å².